The highest BCUT2D eigenvalue weighted by Crippen LogP contribution is 2.61. The van der Waals surface area contributed by atoms with E-state index in [9.17, 15) is 9.90 Å². The lowest BCUT2D eigenvalue weighted by Crippen LogP contribution is -2.46. The van der Waals surface area contributed by atoms with Crippen molar-refractivity contribution in [2.75, 3.05) is 0 Å². The number of phenolic OH excluding ortho intramolecular Hbond substituents is 1. The van der Waals surface area contributed by atoms with E-state index in [1.54, 1.807) is 18.2 Å². The highest BCUT2D eigenvalue weighted by Gasteiger charge is 2.50. The van der Waals surface area contributed by atoms with E-state index in [0.717, 1.165) is 29.9 Å². The van der Waals surface area contributed by atoms with Crippen LogP contribution in [0.2, 0.25) is 0 Å². The Hall–Kier alpha value is -1.84. The average molecular weight is 326 g/mol. The van der Waals surface area contributed by atoms with Crippen molar-refractivity contribution in [3.63, 3.8) is 0 Å². The lowest BCUT2D eigenvalue weighted by Gasteiger charge is -2.57. The predicted molar refractivity (Wildman–Crippen MR) is 93.9 cm³/mol. The van der Waals surface area contributed by atoms with Gasteiger partial charge in [-0.3, -0.25) is 4.79 Å². The number of carbonyl (C=O) groups is 1. The summed E-state index contributed by atoms with van der Waals surface area (Å²) in [7, 11) is 0. The number of phenols is 1. The predicted octanol–water partition coefficient (Wildman–Crippen LogP) is 4.10. The SMILES string of the molecule is C/C(CC12CC3CC(CC(C3)C1)C2)=N/NC(=O)c1cccc(O)c1. The second-order valence-electron chi connectivity index (χ2n) is 8.43. The molecule has 0 radical (unpaired) electrons. The monoisotopic (exact) mass is 326 g/mol. The Morgan fingerprint density at radius 1 is 1.21 bits per heavy atom. The molecule has 0 spiro atoms. The smallest absolute Gasteiger partial charge is 0.271 e. The van der Waals surface area contributed by atoms with Crippen molar-refractivity contribution in [3.8, 4) is 5.75 Å². The van der Waals surface area contributed by atoms with E-state index in [2.05, 4.69) is 10.5 Å². The van der Waals surface area contributed by atoms with Crippen molar-refractivity contribution in [1.82, 2.24) is 5.43 Å². The number of nitrogens with one attached hydrogen (secondary N) is 1. The first-order valence-electron chi connectivity index (χ1n) is 9.14. The van der Waals surface area contributed by atoms with Crippen LogP contribution in [0.4, 0.5) is 0 Å². The van der Waals surface area contributed by atoms with Gasteiger partial charge >= 0.3 is 0 Å². The molecular weight excluding hydrogens is 300 g/mol. The van der Waals surface area contributed by atoms with Crippen LogP contribution in [0.25, 0.3) is 0 Å². The van der Waals surface area contributed by atoms with Crippen molar-refractivity contribution in [2.45, 2.75) is 51.9 Å². The van der Waals surface area contributed by atoms with Gasteiger partial charge in [0.25, 0.3) is 5.91 Å². The summed E-state index contributed by atoms with van der Waals surface area (Å²) in [6.45, 7) is 2.03. The van der Waals surface area contributed by atoms with Crippen molar-refractivity contribution in [2.24, 2.45) is 28.3 Å². The summed E-state index contributed by atoms with van der Waals surface area (Å²) in [5.74, 6) is 2.63. The van der Waals surface area contributed by atoms with E-state index in [-0.39, 0.29) is 11.7 Å². The molecule has 0 saturated heterocycles. The molecule has 1 aromatic rings. The summed E-state index contributed by atoms with van der Waals surface area (Å²) in [6, 6.07) is 6.35. The Labute approximate surface area is 143 Å². The number of hydrogen-bond donors (Lipinski definition) is 2. The number of nitrogens with zero attached hydrogens (tertiary/aromatic N) is 1. The maximum Gasteiger partial charge on any atom is 0.271 e. The summed E-state index contributed by atoms with van der Waals surface area (Å²) >= 11 is 0. The standard InChI is InChI=1S/C20H26N2O2/c1-13(21-22-19(24)17-3-2-4-18(23)8-17)9-20-10-14-5-15(11-20)7-16(6-14)12-20/h2-4,8,14-16,23H,5-7,9-12H2,1H3,(H,22,24)/b21-13-. The highest BCUT2D eigenvalue weighted by molar-refractivity contribution is 5.95. The van der Waals surface area contributed by atoms with Crippen LogP contribution in [0.1, 0.15) is 62.2 Å². The molecule has 4 bridgehead atoms. The molecule has 4 saturated carbocycles. The van der Waals surface area contributed by atoms with E-state index in [0.29, 0.717) is 11.0 Å². The number of hydrazone groups is 1. The van der Waals surface area contributed by atoms with Crippen LogP contribution < -0.4 is 5.43 Å². The molecule has 4 aliphatic carbocycles. The summed E-state index contributed by atoms with van der Waals surface area (Å²) in [5.41, 5.74) is 4.54. The van der Waals surface area contributed by atoms with E-state index in [1.807, 2.05) is 6.92 Å². The van der Waals surface area contributed by atoms with E-state index >= 15 is 0 Å². The fraction of sp³-hybridized carbons (Fsp3) is 0.600. The molecule has 4 aliphatic rings. The first-order chi connectivity index (χ1) is 11.5. The van der Waals surface area contributed by atoms with E-state index < -0.39 is 0 Å². The van der Waals surface area contributed by atoms with Gasteiger partial charge in [0.1, 0.15) is 5.75 Å². The molecule has 0 heterocycles. The van der Waals surface area contributed by atoms with Gasteiger partial charge in [-0.2, -0.15) is 5.10 Å². The van der Waals surface area contributed by atoms with Gasteiger partial charge in [-0.05, 0) is 93.2 Å². The zero-order valence-corrected chi connectivity index (χ0v) is 14.3. The van der Waals surface area contributed by atoms with Crippen molar-refractivity contribution in [1.29, 1.82) is 0 Å². The summed E-state index contributed by atoms with van der Waals surface area (Å²) in [4.78, 5) is 12.1. The Bertz CT molecular complexity index is 645. The van der Waals surface area contributed by atoms with Gasteiger partial charge in [-0.1, -0.05) is 6.07 Å². The van der Waals surface area contributed by atoms with Gasteiger partial charge in [0.2, 0.25) is 0 Å². The first kappa shape index (κ1) is 15.7. The summed E-state index contributed by atoms with van der Waals surface area (Å²) < 4.78 is 0. The summed E-state index contributed by atoms with van der Waals surface area (Å²) in [6.07, 6.45) is 9.42. The first-order valence-corrected chi connectivity index (χ1v) is 9.14. The van der Waals surface area contributed by atoms with E-state index in [1.165, 1.54) is 44.6 Å². The lowest BCUT2D eigenvalue weighted by atomic mass is 9.48. The number of carbonyl (C=O) groups excluding carboxylic acids is 1. The number of amides is 1. The van der Waals surface area contributed by atoms with Crippen LogP contribution >= 0.6 is 0 Å². The fourth-order valence-electron chi connectivity index (χ4n) is 5.95. The van der Waals surface area contributed by atoms with Gasteiger partial charge in [0.15, 0.2) is 0 Å². The Balaban J connectivity index is 1.40. The molecule has 2 N–H and O–H groups in total. The molecular formula is C20H26N2O2. The molecule has 128 valence electrons. The maximum absolute atomic E-state index is 12.1. The lowest BCUT2D eigenvalue weighted by molar-refractivity contribution is -0.0482. The van der Waals surface area contributed by atoms with Crippen LogP contribution in [0.15, 0.2) is 29.4 Å². The van der Waals surface area contributed by atoms with Crippen molar-refractivity contribution in [3.05, 3.63) is 29.8 Å². The van der Waals surface area contributed by atoms with Crippen molar-refractivity contribution < 1.29 is 9.90 Å². The molecule has 4 heteroatoms. The van der Waals surface area contributed by atoms with Gasteiger partial charge < -0.3 is 5.11 Å². The third-order valence-corrected chi connectivity index (χ3v) is 6.25. The Morgan fingerprint density at radius 3 is 2.42 bits per heavy atom. The second-order valence-corrected chi connectivity index (χ2v) is 8.43. The maximum atomic E-state index is 12.1. The van der Waals surface area contributed by atoms with E-state index in [4.69, 9.17) is 0 Å². The Morgan fingerprint density at radius 2 is 1.83 bits per heavy atom. The molecule has 1 amide bonds. The fourth-order valence-corrected chi connectivity index (χ4v) is 5.95. The average Bonchev–Trinajstić information content (AvgIpc) is 2.50. The minimum absolute atomic E-state index is 0.0944. The van der Waals surface area contributed by atoms with Crippen LogP contribution in [-0.2, 0) is 0 Å². The zero-order valence-electron chi connectivity index (χ0n) is 14.3. The molecule has 0 aliphatic heterocycles. The third kappa shape index (κ3) is 3.06. The molecule has 0 aromatic heterocycles. The summed E-state index contributed by atoms with van der Waals surface area (Å²) in [5, 5.41) is 13.8. The van der Waals surface area contributed by atoms with Gasteiger partial charge in [-0.25, -0.2) is 5.43 Å². The highest BCUT2D eigenvalue weighted by atomic mass is 16.3. The molecule has 4 nitrogen and oxygen atoms in total. The molecule has 0 atom stereocenters. The second kappa shape index (κ2) is 5.91. The minimum Gasteiger partial charge on any atom is -0.508 e. The molecule has 0 unspecified atom stereocenters. The van der Waals surface area contributed by atoms with Crippen LogP contribution in [0, 0.1) is 23.2 Å². The topological polar surface area (TPSA) is 61.7 Å². The number of aromatic hydroxyl groups is 1. The number of benzene rings is 1. The zero-order chi connectivity index (χ0) is 16.7. The number of hydrogen-bond acceptors (Lipinski definition) is 3. The van der Waals surface area contributed by atoms with Crippen molar-refractivity contribution >= 4 is 11.6 Å². The molecule has 5 rings (SSSR count). The third-order valence-electron chi connectivity index (χ3n) is 6.25. The number of rotatable bonds is 4. The van der Waals surface area contributed by atoms with Gasteiger partial charge in [0, 0.05) is 11.3 Å². The van der Waals surface area contributed by atoms with Crippen LogP contribution in [-0.4, -0.2) is 16.7 Å². The quantitative estimate of drug-likeness (QED) is 0.646. The molecule has 24 heavy (non-hydrogen) atoms. The van der Waals surface area contributed by atoms with Gasteiger partial charge in [-0.15, -0.1) is 0 Å². The van der Waals surface area contributed by atoms with Crippen LogP contribution in [0.3, 0.4) is 0 Å². The molecule has 4 fully saturated rings. The normalized spacial score (nSPS) is 34.4. The largest absolute Gasteiger partial charge is 0.508 e. The minimum atomic E-state index is -0.268. The van der Waals surface area contributed by atoms with Crippen LogP contribution in [0.5, 0.6) is 5.75 Å². The molecule has 1 aromatic carbocycles. The Kier molecular flexibility index (Phi) is 3.86. The van der Waals surface area contributed by atoms with Gasteiger partial charge in [0.05, 0.1) is 0 Å².